The zero-order valence-corrected chi connectivity index (χ0v) is 9.13. The smallest absolute Gasteiger partial charge is 0.254 e. The van der Waals surface area contributed by atoms with Gasteiger partial charge < -0.3 is 10.0 Å². The number of carbonyl (C=O) groups excluding carboxylic acids is 1. The fourth-order valence-corrected chi connectivity index (χ4v) is 2.08. The molecule has 0 bridgehead atoms. The van der Waals surface area contributed by atoms with Crippen LogP contribution < -0.4 is 0 Å². The monoisotopic (exact) mass is 232 g/mol. The molecular formula is C11H12N4O2. The fourth-order valence-electron chi connectivity index (χ4n) is 2.08. The van der Waals surface area contributed by atoms with Gasteiger partial charge in [-0.15, -0.1) is 0 Å². The second-order valence-electron chi connectivity index (χ2n) is 4.22. The Kier molecular flexibility index (Phi) is 2.29. The Morgan fingerprint density at radius 1 is 1.41 bits per heavy atom. The van der Waals surface area contributed by atoms with Crippen LogP contribution in [0, 0.1) is 0 Å². The molecule has 1 fully saturated rings. The minimum Gasteiger partial charge on any atom is -0.391 e. The molecule has 1 aromatic heterocycles. The Labute approximate surface area is 97.2 Å². The van der Waals surface area contributed by atoms with Crippen molar-refractivity contribution in [3.63, 3.8) is 0 Å². The zero-order chi connectivity index (χ0) is 11.8. The van der Waals surface area contributed by atoms with E-state index >= 15 is 0 Å². The van der Waals surface area contributed by atoms with Crippen LogP contribution >= 0.6 is 0 Å². The average molecular weight is 232 g/mol. The van der Waals surface area contributed by atoms with Gasteiger partial charge in [0.2, 0.25) is 0 Å². The van der Waals surface area contributed by atoms with Crippen molar-refractivity contribution >= 4 is 16.9 Å². The average Bonchev–Trinajstić information content (AvgIpc) is 2.95. The molecule has 2 N–H and O–H groups in total. The van der Waals surface area contributed by atoms with Gasteiger partial charge in [-0.3, -0.25) is 4.79 Å². The highest BCUT2D eigenvalue weighted by atomic mass is 16.3. The lowest BCUT2D eigenvalue weighted by atomic mass is 10.2. The van der Waals surface area contributed by atoms with Gasteiger partial charge in [0.1, 0.15) is 11.0 Å². The first kappa shape index (κ1) is 10.2. The molecule has 1 unspecified atom stereocenters. The van der Waals surface area contributed by atoms with Crippen molar-refractivity contribution in [2.24, 2.45) is 0 Å². The van der Waals surface area contributed by atoms with Crippen LogP contribution in [0.15, 0.2) is 18.2 Å². The number of fused-ring (bicyclic) bond motifs is 1. The minimum absolute atomic E-state index is 0.0635. The third-order valence-electron chi connectivity index (χ3n) is 3.01. The van der Waals surface area contributed by atoms with Gasteiger partial charge in [-0.25, -0.2) is 0 Å². The number of H-pyrrole nitrogens is 1. The second kappa shape index (κ2) is 3.81. The summed E-state index contributed by atoms with van der Waals surface area (Å²) in [4.78, 5) is 13.8. The molecule has 6 nitrogen and oxygen atoms in total. The van der Waals surface area contributed by atoms with E-state index in [1.54, 1.807) is 23.1 Å². The van der Waals surface area contributed by atoms with Crippen LogP contribution in [0.25, 0.3) is 11.0 Å². The number of carbonyl (C=O) groups is 1. The fraction of sp³-hybridized carbons (Fsp3) is 0.364. The van der Waals surface area contributed by atoms with Crippen LogP contribution in [0.3, 0.4) is 0 Å². The number of rotatable bonds is 1. The maximum absolute atomic E-state index is 12.1. The van der Waals surface area contributed by atoms with E-state index in [-0.39, 0.29) is 5.91 Å². The van der Waals surface area contributed by atoms with Crippen molar-refractivity contribution in [2.45, 2.75) is 12.5 Å². The number of aromatic nitrogens is 3. The van der Waals surface area contributed by atoms with Gasteiger partial charge >= 0.3 is 0 Å². The normalized spacial score (nSPS) is 20.1. The zero-order valence-electron chi connectivity index (χ0n) is 9.13. The van der Waals surface area contributed by atoms with Crippen LogP contribution in [0.1, 0.15) is 16.8 Å². The Morgan fingerprint density at radius 3 is 3.00 bits per heavy atom. The number of aliphatic hydroxyl groups excluding tert-OH is 1. The van der Waals surface area contributed by atoms with Crippen molar-refractivity contribution in [3.05, 3.63) is 23.8 Å². The predicted molar refractivity (Wildman–Crippen MR) is 60.4 cm³/mol. The highest BCUT2D eigenvalue weighted by molar-refractivity contribution is 5.97. The van der Waals surface area contributed by atoms with Gasteiger partial charge in [-0.05, 0) is 24.6 Å². The summed E-state index contributed by atoms with van der Waals surface area (Å²) >= 11 is 0. The van der Waals surface area contributed by atoms with E-state index in [2.05, 4.69) is 15.4 Å². The van der Waals surface area contributed by atoms with Gasteiger partial charge in [0, 0.05) is 18.7 Å². The summed E-state index contributed by atoms with van der Waals surface area (Å²) in [7, 11) is 0. The quantitative estimate of drug-likeness (QED) is 0.734. The molecule has 3 rings (SSSR count). The van der Waals surface area contributed by atoms with Crippen molar-refractivity contribution in [1.82, 2.24) is 20.3 Å². The van der Waals surface area contributed by atoms with E-state index in [9.17, 15) is 9.90 Å². The van der Waals surface area contributed by atoms with E-state index in [1.165, 1.54) is 0 Å². The summed E-state index contributed by atoms with van der Waals surface area (Å²) in [6.45, 7) is 1.02. The molecule has 17 heavy (non-hydrogen) atoms. The second-order valence-corrected chi connectivity index (χ2v) is 4.22. The molecule has 0 aliphatic carbocycles. The standard InChI is InChI=1S/C11H12N4O2/c16-8-3-4-15(6-8)11(17)7-1-2-9-10(5-7)13-14-12-9/h1-2,5,8,16H,3-4,6H2,(H,12,13,14). The molecule has 1 atom stereocenters. The third kappa shape index (κ3) is 1.76. The van der Waals surface area contributed by atoms with E-state index in [0.717, 1.165) is 5.52 Å². The van der Waals surface area contributed by atoms with Gasteiger partial charge in [-0.1, -0.05) is 0 Å². The Morgan fingerprint density at radius 2 is 2.24 bits per heavy atom. The molecule has 0 saturated carbocycles. The summed E-state index contributed by atoms with van der Waals surface area (Å²) < 4.78 is 0. The largest absolute Gasteiger partial charge is 0.391 e. The molecule has 1 saturated heterocycles. The Balaban J connectivity index is 1.89. The van der Waals surface area contributed by atoms with Gasteiger partial charge in [0.15, 0.2) is 0 Å². The van der Waals surface area contributed by atoms with Crippen LogP contribution in [0.2, 0.25) is 0 Å². The minimum atomic E-state index is -0.394. The van der Waals surface area contributed by atoms with Crippen LogP contribution in [-0.4, -0.2) is 50.5 Å². The van der Waals surface area contributed by atoms with Gasteiger partial charge in [-0.2, -0.15) is 15.4 Å². The number of β-amino-alcohol motifs (C(OH)–C–C–N with tert-alkyl or cyclic N) is 1. The molecule has 2 heterocycles. The summed E-state index contributed by atoms with van der Waals surface area (Å²) in [6, 6.07) is 5.21. The molecule has 2 aromatic rings. The maximum Gasteiger partial charge on any atom is 0.254 e. The number of hydrogen-bond acceptors (Lipinski definition) is 4. The van der Waals surface area contributed by atoms with E-state index in [4.69, 9.17) is 0 Å². The molecule has 1 aliphatic rings. The topological polar surface area (TPSA) is 82.1 Å². The van der Waals surface area contributed by atoms with Crippen molar-refractivity contribution in [2.75, 3.05) is 13.1 Å². The number of nitrogens with zero attached hydrogens (tertiary/aromatic N) is 3. The van der Waals surface area contributed by atoms with Gasteiger partial charge in [0.05, 0.1) is 6.10 Å². The van der Waals surface area contributed by atoms with E-state index in [1.807, 2.05) is 0 Å². The van der Waals surface area contributed by atoms with Crippen molar-refractivity contribution in [1.29, 1.82) is 0 Å². The first-order valence-electron chi connectivity index (χ1n) is 5.52. The molecule has 88 valence electrons. The summed E-state index contributed by atoms with van der Waals surface area (Å²) in [5, 5.41) is 19.8. The SMILES string of the molecule is O=C(c1ccc2n[nH]nc2c1)N1CCC(O)C1. The van der Waals surface area contributed by atoms with E-state index < -0.39 is 6.10 Å². The molecule has 1 aromatic carbocycles. The summed E-state index contributed by atoms with van der Waals surface area (Å²) in [5.74, 6) is -0.0635. The Hall–Kier alpha value is -1.95. The van der Waals surface area contributed by atoms with Crippen molar-refractivity contribution < 1.29 is 9.90 Å². The van der Waals surface area contributed by atoms with Crippen LogP contribution in [0.4, 0.5) is 0 Å². The lowest BCUT2D eigenvalue weighted by Crippen LogP contribution is -2.29. The van der Waals surface area contributed by atoms with Crippen LogP contribution in [0.5, 0.6) is 0 Å². The lowest BCUT2D eigenvalue weighted by Gasteiger charge is -2.15. The number of nitrogens with one attached hydrogen (secondary N) is 1. The number of benzene rings is 1. The number of aromatic amines is 1. The first-order valence-corrected chi connectivity index (χ1v) is 5.52. The summed E-state index contributed by atoms with van der Waals surface area (Å²) in [5.41, 5.74) is 2.00. The number of likely N-dealkylation sites (tertiary alicyclic amines) is 1. The molecule has 0 radical (unpaired) electrons. The molecule has 1 amide bonds. The number of hydrogen-bond donors (Lipinski definition) is 2. The maximum atomic E-state index is 12.1. The summed E-state index contributed by atoms with van der Waals surface area (Å²) in [6.07, 6.45) is 0.257. The molecule has 0 spiro atoms. The van der Waals surface area contributed by atoms with Crippen LogP contribution in [-0.2, 0) is 0 Å². The first-order chi connectivity index (χ1) is 8.24. The van der Waals surface area contributed by atoms with Crippen molar-refractivity contribution in [3.8, 4) is 0 Å². The number of aliphatic hydroxyl groups is 1. The highest BCUT2D eigenvalue weighted by Crippen LogP contribution is 2.16. The molecule has 1 aliphatic heterocycles. The predicted octanol–water partition coefficient (Wildman–Crippen LogP) is 0.165. The van der Waals surface area contributed by atoms with Gasteiger partial charge in [0.25, 0.3) is 5.91 Å². The molecule has 6 heteroatoms. The third-order valence-corrected chi connectivity index (χ3v) is 3.01. The molecular weight excluding hydrogens is 220 g/mol. The van der Waals surface area contributed by atoms with E-state index in [0.29, 0.717) is 30.6 Å². The Bertz CT molecular complexity index is 565. The highest BCUT2D eigenvalue weighted by Gasteiger charge is 2.25. The number of amides is 1. The lowest BCUT2D eigenvalue weighted by molar-refractivity contribution is 0.0765.